The number of rotatable bonds is 8. The van der Waals surface area contributed by atoms with Gasteiger partial charge in [-0.05, 0) is 60.4 Å². The molecular formula is C34H34ClNO4. The summed E-state index contributed by atoms with van der Waals surface area (Å²) in [7, 11) is 0. The van der Waals surface area contributed by atoms with Crippen molar-refractivity contribution in [1.29, 1.82) is 0 Å². The van der Waals surface area contributed by atoms with Gasteiger partial charge in [0.1, 0.15) is 0 Å². The number of carboxylic acid groups (broad SMARTS) is 1. The normalized spacial score (nSPS) is 17.2. The molecule has 0 bridgehead atoms. The third-order valence-electron chi connectivity index (χ3n) is 7.46. The van der Waals surface area contributed by atoms with Crippen LogP contribution in [0.2, 0.25) is 5.02 Å². The van der Waals surface area contributed by atoms with E-state index in [1.54, 1.807) is 6.92 Å². The van der Waals surface area contributed by atoms with Gasteiger partial charge in [0.25, 0.3) is 0 Å². The summed E-state index contributed by atoms with van der Waals surface area (Å²) in [4.78, 5) is 16.5. The maximum atomic E-state index is 11.7. The Balaban J connectivity index is 1.42. The van der Waals surface area contributed by atoms with E-state index in [-0.39, 0.29) is 5.41 Å². The van der Waals surface area contributed by atoms with Crippen molar-refractivity contribution in [2.24, 2.45) is 5.41 Å². The average molecular weight is 556 g/mol. The Kier molecular flexibility index (Phi) is 8.09. The zero-order valence-electron chi connectivity index (χ0n) is 23.1. The second-order valence-electron chi connectivity index (χ2n) is 11.3. The molecule has 1 unspecified atom stereocenters. The number of carboxylic acids is 1. The minimum Gasteiger partial charge on any atom is -0.481 e. The second-order valence-corrected chi connectivity index (χ2v) is 11.7. The van der Waals surface area contributed by atoms with Crippen LogP contribution in [0.3, 0.4) is 0 Å². The molecule has 5 nitrogen and oxygen atoms in total. The highest BCUT2D eigenvalue weighted by atomic mass is 35.5. The first-order chi connectivity index (χ1) is 19.1. The van der Waals surface area contributed by atoms with Crippen molar-refractivity contribution in [3.63, 3.8) is 0 Å². The molecule has 1 atom stereocenters. The summed E-state index contributed by atoms with van der Waals surface area (Å²) >= 11 is 6.16. The zero-order chi connectivity index (χ0) is 28.3. The smallest absolute Gasteiger partial charge is 0.310 e. The van der Waals surface area contributed by atoms with Crippen LogP contribution in [0.4, 0.5) is 0 Å². The summed E-state index contributed by atoms with van der Waals surface area (Å²) in [5.41, 5.74) is 5.35. The van der Waals surface area contributed by atoms with E-state index in [2.05, 4.69) is 19.9 Å². The van der Waals surface area contributed by atoms with E-state index in [1.807, 2.05) is 84.9 Å². The van der Waals surface area contributed by atoms with Crippen molar-refractivity contribution >= 4 is 40.6 Å². The van der Waals surface area contributed by atoms with Crippen LogP contribution in [0.1, 0.15) is 61.1 Å². The third-order valence-corrected chi connectivity index (χ3v) is 7.69. The number of carbonyl (C=O) groups is 1. The first-order valence-corrected chi connectivity index (χ1v) is 14.0. The number of aryl methyl sites for hydroxylation is 1. The summed E-state index contributed by atoms with van der Waals surface area (Å²) in [6.07, 6.45) is 5.21. The molecule has 1 N–H and O–H groups in total. The van der Waals surface area contributed by atoms with Gasteiger partial charge in [0.15, 0.2) is 5.79 Å². The van der Waals surface area contributed by atoms with Crippen molar-refractivity contribution < 1.29 is 19.4 Å². The van der Waals surface area contributed by atoms with Gasteiger partial charge in [-0.25, -0.2) is 4.98 Å². The first-order valence-electron chi connectivity index (χ1n) is 13.6. The van der Waals surface area contributed by atoms with Gasteiger partial charge in [-0.3, -0.25) is 4.79 Å². The standard InChI is InChI=1S/C34H34ClNO4/c1-23(32(37)38)30-10-5-4-8-25(30)17-18-34(39-21-33(2,3)22-40-34)27-9-6-7-24(19-27)11-15-29-16-13-26-12-14-28(35)20-31(26)36-29/h4-16,19-20,23H,17-18,21-22H2,1-3H3,(H,37,38)/b15-11+. The lowest BCUT2D eigenvalue weighted by molar-refractivity contribution is -0.310. The Hall–Kier alpha value is -3.51. The van der Waals surface area contributed by atoms with Crippen LogP contribution in [-0.4, -0.2) is 29.3 Å². The lowest BCUT2D eigenvalue weighted by Gasteiger charge is -2.44. The molecule has 1 fully saturated rings. The van der Waals surface area contributed by atoms with Crippen molar-refractivity contribution in [3.05, 3.63) is 112 Å². The van der Waals surface area contributed by atoms with E-state index < -0.39 is 17.7 Å². The van der Waals surface area contributed by atoms with E-state index in [9.17, 15) is 9.90 Å². The minimum absolute atomic E-state index is 0.0958. The Morgan fingerprint density at radius 2 is 1.75 bits per heavy atom. The van der Waals surface area contributed by atoms with Crippen molar-refractivity contribution in [2.75, 3.05) is 13.2 Å². The Morgan fingerprint density at radius 1 is 1.00 bits per heavy atom. The molecule has 40 heavy (non-hydrogen) atoms. The molecule has 0 radical (unpaired) electrons. The average Bonchev–Trinajstić information content (AvgIpc) is 2.95. The summed E-state index contributed by atoms with van der Waals surface area (Å²) in [5, 5.41) is 11.3. The number of halogens is 1. The quantitative estimate of drug-likeness (QED) is 0.238. The van der Waals surface area contributed by atoms with Gasteiger partial charge < -0.3 is 14.6 Å². The van der Waals surface area contributed by atoms with Crippen LogP contribution < -0.4 is 0 Å². The number of hydrogen-bond donors (Lipinski definition) is 1. The maximum Gasteiger partial charge on any atom is 0.310 e. The maximum absolute atomic E-state index is 11.7. The molecule has 3 aromatic carbocycles. The Bertz CT molecular complexity index is 1550. The molecule has 206 valence electrons. The van der Waals surface area contributed by atoms with E-state index in [4.69, 9.17) is 26.1 Å². The molecule has 0 saturated carbocycles. The fourth-order valence-corrected chi connectivity index (χ4v) is 5.21. The van der Waals surface area contributed by atoms with Crippen LogP contribution in [-0.2, 0) is 26.5 Å². The first kappa shape index (κ1) is 28.0. The van der Waals surface area contributed by atoms with Crippen molar-refractivity contribution in [2.45, 2.75) is 45.3 Å². The zero-order valence-corrected chi connectivity index (χ0v) is 23.8. The van der Waals surface area contributed by atoms with Crippen LogP contribution in [0.15, 0.2) is 78.9 Å². The lowest BCUT2D eigenvalue weighted by atomic mass is 9.88. The van der Waals surface area contributed by atoms with Gasteiger partial charge in [0.05, 0.1) is 30.3 Å². The van der Waals surface area contributed by atoms with Gasteiger partial charge in [-0.1, -0.05) is 86.1 Å². The van der Waals surface area contributed by atoms with Gasteiger partial charge in [-0.15, -0.1) is 0 Å². The molecule has 6 heteroatoms. The fraction of sp³-hybridized carbons (Fsp3) is 0.294. The number of aromatic nitrogens is 1. The summed E-state index contributed by atoms with van der Waals surface area (Å²) in [5.74, 6) is -2.36. The number of hydrogen-bond acceptors (Lipinski definition) is 4. The molecule has 0 amide bonds. The molecule has 5 rings (SSSR count). The highest BCUT2D eigenvalue weighted by molar-refractivity contribution is 6.31. The minimum atomic E-state index is -0.934. The van der Waals surface area contributed by atoms with Gasteiger partial charge in [-0.2, -0.15) is 0 Å². The van der Waals surface area contributed by atoms with E-state index in [1.165, 1.54) is 0 Å². The van der Waals surface area contributed by atoms with E-state index >= 15 is 0 Å². The SMILES string of the molecule is CC(C(=O)O)c1ccccc1CCC1(c2cccc(/C=C/c3ccc4ccc(Cl)cc4n3)c2)OCC(C)(C)CO1. The highest BCUT2D eigenvalue weighted by Crippen LogP contribution is 2.41. The summed E-state index contributed by atoms with van der Waals surface area (Å²) in [6, 6.07) is 25.7. The number of aliphatic carboxylic acids is 1. The highest BCUT2D eigenvalue weighted by Gasteiger charge is 2.42. The molecule has 1 aliphatic rings. The van der Waals surface area contributed by atoms with Crippen molar-refractivity contribution in [3.8, 4) is 0 Å². The van der Waals surface area contributed by atoms with Crippen LogP contribution >= 0.6 is 11.6 Å². The van der Waals surface area contributed by atoms with Crippen LogP contribution in [0.25, 0.3) is 23.1 Å². The summed E-state index contributed by atoms with van der Waals surface area (Å²) in [6.45, 7) is 7.10. The molecule has 1 saturated heterocycles. The molecule has 0 aliphatic carbocycles. The number of fused-ring (bicyclic) bond motifs is 1. The van der Waals surface area contributed by atoms with Gasteiger partial charge >= 0.3 is 5.97 Å². The van der Waals surface area contributed by atoms with Gasteiger partial charge in [0.2, 0.25) is 0 Å². The van der Waals surface area contributed by atoms with Crippen molar-refractivity contribution in [1.82, 2.24) is 4.98 Å². The third kappa shape index (κ3) is 6.28. The Morgan fingerprint density at radius 3 is 2.52 bits per heavy atom. The molecular weight excluding hydrogens is 522 g/mol. The largest absolute Gasteiger partial charge is 0.481 e. The predicted molar refractivity (Wildman–Crippen MR) is 160 cm³/mol. The van der Waals surface area contributed by atoms with Crippen LogP contribution in [0, 0.1) is 5.41 Å². The number of benzene rings is 3. The monoisotopic (exact) mass is 555 g/mol. The summed E-state index contributed by atoms with van der Waals surface area (Å²) < 4.78 is 13.1. The van der Waals surface area contributed by atoms with Crippen LogP contribution in [0.5, 0.6) is 0 Å². The molecule has 1 aliphatic heterocycles. The van der Waals surface area contributed by atoms with Gasteiger partial charge in [0, 0.05) is 27.8 Å². The predicted octanol–water partition coefficient (Wildman–Crippen LogP) is 8.11. The topological polar surface area (TPSA) is 68.7 Å². The van der Waals surface area contributed by atoms with E-state index in [0.717, 1.165) is 38.9 Å². The molecule has 2 heterocycles. The fourth-order valence-electron chi connectivity index (χ4n) is 5.04. The second kappa shape index (κ2) is 11.5. The number of pyridine rings is 1. The number of nitrogens with zero attached hydrogens (tertiary/aromatic N) is 1. The lowest BCUT2D eigenvalue weighted by Crippen LogP contribution is -2.46. The Labute approximate surface area is 240 Å². The van der Waals surface area contributed by atoms with E-state index in [0.29, 0.717) is 31.1 Å². The molecule has 4 aromatic rings. The molecule has 0 spiro atoms. The number of ether oxygens (including phenoxy) is 2. The molecule has 1 aromatic heterocycles.